The first-order valence-electron chi connectivity index (χ1n) is 6.00. The third-order valence-electron chi connectivity index (χ3n) is 2.90. The molecule has 0 heterocycles. The molecule has 88 valence electrons. The molecule has 0 radical (unpaired) electrons. The number of hydrogen-bond donors (Lipinski definition) is 0. The fourth-order valence-corrected chi connectivity index (χ4v) is 2.08. The lowest BCUT2D eigenvalue weighted by atomic mass is 9.92. The van der Waals surface area contributed by atoms with E-state index in [-0.39, 0.29) is 0 Å². The van der Waals surface area contributed by atoms with Crippen molar-refractivity contribution in [3.8, 4) is 6.07 Å². The van der Waals surface area contributed by atoms with Crippen LogP contribution in [-0.4, -0.2) is 0 Å². The minimum Gasteiger partial charge on any atom is -0.198 e. The average molecular weight is 233 g/mol. The van der Waals surface area contributed by atoms with Crippen molar-refractivity contribution in [2.75, 3.05) is 0 Å². The molecular weight excluding hydrogens is 218 g/mol. The largest absolute Gasteiger partial charge is 0.198 e. The molecule has 0 aliphatic carbocycles. The number of nitrogens with zero attached hydrogens (tertiary/aromatic N) is 1. The van der Waals surface area contributed by atoms with Crippen LogP contribution in [0.25, 0.3) is 5.57 Å². The second-order valence-electron chi connectivity index (χ2n) is 4.22. The van der Waals surface area contributed by atoms with Crippen LogP contribution in [-0.2, 0) is 0 Å². The summed E-state index contributed by atoms with van der Waals surface area (Å²) >= 11 is 0. The minimum atomic E-state index is 0.457. The smallest absolute Gasteiger partial charge is 0.0666 e. The Labute approximate surface area is 108 Å². The maximum atomic E-state index is 8.90. The van der Waals surface area contributed by atoms with Crippen LogP contribution in [0, 0.1) is 11.3 Å². The zero-order valence-corrected chi connectivity index (χ0v) is 10.4. The fraction of sp³-hybridized carbons (Fsp3) is 0.118. The van der Waals surface area contributed by atoms with Gasteiger partial charge in [0.15, 0.2) is 0 Å². The molecule has 0 aromatic heterocycles. The van der Waals surface area contributed by atoms with Gasteiger partial charge in [-0.15, -0.1) is 0 Å². The molecule has 1 nitrogen and oxygen atoms in total. The molecule has 0 amide bonds. The Bertz CT molecular complexity index is 533. The Morgan fingerprint density at radius 2 is 1.33 bits per heavy atom. The van der Waals surface area contributed by atoms with E-state index in [9.17, 15) is 0 Å². The van der Waals surface area contributed by atoms with Gasteiger partial charge in [-0.25, -0.2) is 0 Å². The van der Waals surface area contributed by atoms with Crippen LogP contribution in [0.2, 0.25) is 0 Å². The van der Waals surface area contributed by atoms with Crippen molar-refractivity contribution in [1.82, 2.24) is 0 Å². The van der Waals surface area contributed by atoms with E-state index in [1.807, 2.05) is 43.3 Å². The quantitative estimate of drug-likeness (QED) is 0.769. The molecule has 0 saturated carbocycles. The van der Waals surface area contributed by atoms with Crippen molar-refractivity contribution in [3.05, 3.63) is 77.4 Å². The summed E-state index contributed by atoms with van der Waals surface area (Å²) < 4.78 is 0. The maximum Gasteiger partial charge on any atom is 0.0666 e. The van der Waals surface area contributed by atoms with Gasteiger partial charge in [-0.3, -0.25) is 0 Å². The van der Waals surface area contributed by atoms with E-state index in [2.05, 4.69) is 30.3 Å². The number of benzene rings is 2. The van der Waals surface area contributed by atoms with Gasteiger partial charge < -0.3 is 0 Å². The third kappa shape index (κ3) is 2.67. The summed E-state index contributed by atoms with van der Waals surface area (Å²) in [4.78, 5) is 0. The number of hydrogen-bond acceptors (Lipinski definition) is 1. The third-order valence-corrected chi connectivity index (χ3v) is 2.90. The summed E-state index contributed by atoms with van der Waals surface area (Å²) in [7, 11) is 0. The predicted molar refractivity (Wildman–Crippen MR) is 74.8 cm³/mol. The van der Waals surface area contributed by atoms with Gasteiger partial charge in [0.25, 0.3) is 0 Å². The van der Waals surface area contributed by atoms with Crippen LogP contribution >= 0.6 is 0 Å². The monoisotopic (exact) mass is 233 g/mol. The zero-order chi connectivity index (χ0) is 12.8. The summed E-state index contributed by atoms with van der Waals surface area (Å²) in [6, 6.07) is 22.7. The maximum absolute atomic E-state index is 8.90. The molecule has 0 atom stereocenters. The van der Waals surface area contributed by atoms with Gasteiger partial charge in [0.1, 0.15) is 0 Å². The summed E-state index contributed by atoms with van der Waals surface area (Å²) in [6.45, 7) is 2.03. The highest BCUT2D eigenvalue weighted by molar-refractivity contribution is 5.82. The van der Waals surface area contributed by atoms with Gasteiger partial charge in [-0.2, -0.15) is 5.26 Å². The Hall–Kier alpha value is -2.33. The lowest BCUT2D eigenvalue weighted by Crippen LogP contribution is -1.92. The molecule has 0 unspecified atom stereocenters. The summed E-state index contributed by atoms with van der Waals surface area (Å²) in [6.07, 6.45) is 0.457. The Morgan fingerprint density at radius 1 is 0.889 bits per heavy atom. The van der Waals surface area contributed by atoms with Gasteiger partial charge in [0, 0.05) is 0 Å². The first-order valence-corrected chi connectivity index (χ1v) is 6.00. The van der Waals surface area contributed by atoms with Gasteiger partial charge in [0.2, 0.25) is 0 Å². The summed E-state index contributed by atoms with van der Waals surface area (Å²) in [5, 5.41) is 8.90. The van der Waals surface area contributed by atoms with Crippen molar-refractivity contribution in [2.45, 2.75) is 13.3 Å². The van der Waals surface area contributed by atoms with E-state index in [0.29, 0.717) is 6.42 Å². The van der Waals surface area contributed by atoms with E-state index in [4.69, 9.17) is 5.26 Å². The van der Waals surface area contributed by atoms with Crippen LogP contribution < -0.4 is 0 Å². The van der Waals surface area contributed by atoms with Crippen molar-refractivity contribution in [1.29, 1.82) is 5.26 Å². The van der Waals surface area contributed by atoms with Crippen molar-refractivity contribution < 1.29 is 0 Å². The molecular formula is C17H15N. The van der Waals surface area contributed by atoms with Gasteiger partial charge in [-0.05, 0) is 23.6 Å². The molecule has 2 aromatic carbocycles. The molecule has 0 aliphatic heterocycles. The average Bonchev–Trinajstić information content (AvgIpc) is 2.42. The van der Waals surface area contributed by atoms with E-state index >= 15 is 0 Å². The first kappa shape index (κ1) is 12.1. The van der Waals surface area contributed by atoms with E-state index in [1.54, 1.807) is 0 Å². The van der Waals surface area contributed by atoms with Crippen LogP contribution in [0.15, 0.2) is 66.2 Å². The second kappa shape index (κ2) is 5.84. The fourth-order valence-electron chi connectivity index (χ4n) is 2.08. The van der Waals surface area contributed by atoms with E-state index in [1.165, 1.54) is 0 Å². The highest BCUT2D eigenvalue weighted by Crippen LogP contribution is 2.27. The van der Waals surface area contributed by atoms with Gasteiger partial charge in [0.05, 0.1) is 12.5 Å². The molecule has 0 aliphatic rings. The standard InChI is InChI=1S/C17H15N/c1-14(12-13-18)17(15-8-4-2-5-9-15)16-10-6-3-7-11-16/h2-11H,12H2,1H3. The normalized spacial score (nSPS) is 9.56. The van der Waals surface area contributed by atoms with Gasteiger partial charge >= 0.3 is 0 Å². The zero-order valence-electron chi connectivity index (χ0n) is 10.4. The number of rotatable bonds is 3. The van der Waals surface area contributed by atoms with Crippen molar-refractivity contribution in [2.24, 2.45) is 0 Å². The molecule has 18 heavy (non-hydrogen) atoms. The van der Waals surface area contributed by atoms with E-state index in [0.717, 1.165) is 22.3 Å². The molecule has 0 spiro atoms. The summed E-state index contributed by atoms with van der Waals surface area (Å²) in [5.41, 5.74) is 4.60. The van der Waals surface area contributed by atoms with Crippen molar-refractivity contribution >= 4 is 5.57 Å². The highest BCUT2D eigenvalue weighted by atomic mass is 14.2. The van der Waals surface area contributed by atoms with Crippen LogP contribution in [0.4, 0.5) is 0 Å². The molecule has 2 aromatic rings. The topological polar surface area (TPSA) is 23.8 Å². The van der Waals surface area contributed by atoms with E-state index < -0.39 is 0 Å². The van der Waals surface area contributed by atoms with Crippen LogP contribution in [0.3, 0.4) is 0 Å². The number of nitriles is 1. The van der Waals surface area contributed by atoms with Gasteiger partial charge in [-0.1, -0.05) is 66.2 Å². The number of allylic oxidation sites excluding steroid dienone is 1. The highest BCUT2D eigenvalue weighted by Gasteiger charge is 2.07. The first-order chi connectivity index (χ1) is 8.83. The van der Waals surface area contributed by atoms with Crippen LogP contribution in [0.5, 0.6) is 0 Å². The predicted octanol–water partition coefficient (Wildman–Crippen LogP) is 4.42. The minimum absolute atomic E-state index is 0.457. The van der Waals surface area contributed by atoms with Crippen molar-refractivity contribution in [3.63, 3.8) is 0 Å². The summed E-state index contributed by atoms with van der Waals surface area (Å²) in [5.74, 6) is 0. The Morgan fingerprint density at radius 3 is 1.72 bits per heavy atom. The lowest BCUT2D eigenvalue weighted by molar-refractivity contribution is 1.21. The molecule has 0 saturated heterocycles. The molecule has 0 fully saturated rings. The Balaban J connectivity index is 2.57. The van der Waals surface area contributed by atoms with Crippen LogP contribution in [0.1, 0.15) is 24.5 Å². The second-order valence-corrected chi connectivity index (χ2v) is 4.22. The molecule has 2 rings (SSSR count). The SMILES string of the molecule is CC(CC#N)=C(c1ccccc1)c1ccccc1. The molecule has 1 heteroatoms. The molecule has 0 N–H and O–H groups in total. The molecule has 0 bridgehead atoms. The Kier molecular flexibility index (Phi) is 3.94. The lowest BCUT2D eigenvalue weighted by Gasteiger charge is -2.11.